The third kappa shape index (κ3) is 3.16. The van der Waals surface area contributed by atoms with Crippen molar-refractivity contribution in [2.24, 2.45) is 5.92 Å². The quantitative estimate of drug-likeness (QED) is 0.621. The van der Waals surface area contributed by atoms with Crippen molar-refractivity contribution < 1.29 is 24.3 Å². The zero-order chi connectivity index (χ0) is 13.9. The van der Waals surface area contributed by atoms with Crippen molar-refractivity contribution in [3.05, 3.63) is 12.2 Å². The van der Waals surface area contributed by atoms with Crippen molar-refractivity contribution in [1.82, 2.24) is 10.2 Å². The third-order valence-electron chi connectivity index (χ3n) is 2.45. The Bertz CT molecular complexity index is 409. The molecule has 0 saturated heterocycles. The maximum Gasteiger partial charge on any atom is 0.326 e. The van der Waals surface area contributed by atoms with Crippen LogP contribution in [0.2, 0.25) is 0 Å². The topological polar surface area (TPSA) is 104 Å². The summed E-state index contributed by atoms with van der Waals surface area (Å²) in [5.74, 6) is -3.29. The fraction of sp³-hybridized carbons (Fsp3) is 0.455. The minimum atomic E-state index is -1.16. The molecule has 1 unspecified atom stereocenters. The lowest BCUT2D eigenvalue weighted by molar-refractivity contribution is -0.144. The Hall–Kier alpha value is -2.18. The van der Waals surface area contributed by atoms with Crippen molar-refractivity contribution in [3.8, 4) is 0 Å². The van der Waals surface area contributed by atoms with Crippen molar-refractivity contribution in [2.75, 3.05) is 6.54 Å². The minimum Gasteiger partial charge on any atom is -0.480 e. The average Bonchev–Trinajstić information content (AvgIpc) is 2.56. The summed E-state index contributed by atoms with van der Waals surface area (Å²) in [6.45, 7) is 2.82. The minimum absolute atomic E-state index is 0.297. The normalized spacial score (nSPS) is 16.3. The molecule has 1 heterocycles. The molecular weight excluding hydrogens is 240 g/mol. The Morgan fingerprint density at radius 1 is 1.28 bits per heavy atom. The number of amides is 3. The van der Waals surface area contributed by atoms with Gasteiger partial charge in [0.15, 0.2) is 0 Å². The lowest BCUT2D eigenvalue weighted by Crippen LogP contribution is -2.49. The highest BCUT2D eigenvalue weighted by Crippen LogP contribution is 2.04. The van der Waals surface area contributed by atoms with Gasteiger partial charge in [0.25, 0.3) is 11.8 Å². The van der Waals surface area contributed by atoms with Crippen LogP contribution in [-0.2, 0) is 19.2 Å². The van der Waals surface area contributed by atoms with Crippen LogP contribution in [0, 0.1) is 5.92 Å². The first-order chi connectivity index (χ1) is 8.32. The van der Waals surface area contributed by atoms with Gasteiger partial charge in [0.05, 0.1) is 0 Å². The molecule has 7 heteroatoms. The molecule has 0 spiro atoms. The molecule has 3 amide bonds. The van der Waals surface area contributed by atoms with E-state index < -0.39 is 36.3 Å². The van der Waals surface area contributed by atoms with Crippen LogP contribution >= 0.6 is 0 Å². The van der Waals surface area contributed by atoms with Gasteiger partial charge in [0.2, 0.25) is 5.91 Å². The number of hydrogen-bond donors (Lipinski definition) is 2. The number of nitrogens with zero attached hydrogens (tertiary/aromatic N) is 1. The van der Waals surface area contributed by atoms with E-state index in [9.17, 15) is 19.2 Å². The maximum atomic E-state index is 11.6. The predicted molar refractivity (Wildman–Crippen MR) is 60.3 cm³/mol. The first-order valence-electron chi connectivity index (χ1n) is 5.38. The van der Waals surface area contributed by atoms with Gasteiger partial charge in [-0.05, 0) is 5.92 Å². The van der Waals surface area contributed by atoms with Crippen LogP contribution in [0.1, 0.15) is 13.8 Å². The lowest BCUT2D eigenvalue weighted by atomic mass is 10.0. The SMILES string of the molecule is CC(C)C(NC(=O)CN1C(=O)C=CC1=O)C(=O)O. The lowest BCUT2D eigenvalue weighted by Gasteiger charge is -2.20. The van der Waals surface area contributed by atoms with Crippen LogP contribution in [0.15, 0.2) is 12.2 Å². The third-order valence-corrected chi connectivity index (χ3v) is 2.45. The molecule has 0 aliphatic carbocycles. The summed E-state index contributed by atoms with van der Waals surface area (Å²) in [6.07, 6.45) is 2.12. The van der Waals surface area contributed by atoms with Gasteiger partial charge in [0, 0.05) is 12.2 Å². The number of hydrogen-bond acceptors (Lipinski definition) is 4. The van der Waals surface area contributed by atoms with E-state index in [4.69, 9.17) is 5.11 Å². The van der Waals surface area contributed by atoms with E-state index >= 15 is 0 Å². The molecule has 1 atom stereocenters. The summed E-state index contributed by atoms with van der Waals surface area (Å²) in [5.41, 5.74) is 0. The number of imide groups is 1. The smallest absolute Gasteiger partial charge is 0.326 e. The Balaban J connectivity index is 2.59. The summed E-state index contributed by atoms with van der Waals surface area (Å²) in [6, 6.07) is -1.04. The molecule has 0 aromatic rings. The fourth-order valence-electron chi connectivity index (χ4n) is 1.46. The molecule has 0 radical (unpaired) electrons. The van der Waals surface area contributed by atoms with Crippen LogP contribution in [0.4, 0.5) is 0 Å². The molecular formula is C11H14N2O5. The highest BCUT2D eigenvalue weighted by atomic mass is 16.4. The van der Waals surface area contributed by atoms with Gasteiger partial charge in [-0.25, -0.2) is 4.79 Å². The van der Waals surface area contributed by atoms with Crippen molar-refractivity contribution >= 4 is 23.7 Å². The molecule has 0 fully saturated rings. The molecule has 1 aliphatic heterocycles. The van der Waals surface area contributed by atoms with Gasteiger partial charge >= 0.3 is 5.97 Å². The summed E-state index contributed by atoms with van der Waals surface area (Å²) in [7, 11) is 0. The zero-order valence-corrected chi connectivity index (χ0v) is 10.0. The van der Waals surface area contributed by atoms with E-state index in [2.05, 4.69) is 5.32 Å². The van der Waals surface area contributed by atoms with E-state index in [1.54, 1.807) is 13.8 Å². The molecule has 98 valence electrons. The van der Waals surface area contributed by atoms with Crippen LogP contribution in [0.25, 0.3) is 0 Å². The molecule has 0 bridgehead atoms. The van der Waals surface area contributed by atoms with Gasteiger partial charge in [-0.2, -0.15) is 0 Å². The van der Waals surface area contributed by atoms with Crippen molar-refractivity contribution in [3.63, 3.8) is 0 Å². The molecule has 0 aromatic heterocycles. The monoisotopic (exact) mass is 254 g/mol. The predicted octanol–water partition coefficient (Wildman–Crippen LogP) is -0.863. The van der Waals surface area contributed by atoms with Crippen LogP contribution in [-0.4, -0.2) is 46.3 Å². The van der Waals surface area contributed by atoms with E-state index in [0.29, 0.717) is 0 Å². The molecule has 1 rings (SSSR count). The summed E-state index contributed by atoms with van der Waals surface area (Å²) < 4.78 is 0. The van der Waals surface area contributed by atoms with Crippen molar-refractivity contribution in [1.29, 1.82) is 0 Å². The standard InChI is InChI=1S/C11H14N2O5/c1-6(2)10(11(17)18)12-7(14)5-13-8(15)3-4-9(13)16/h3-4,6,10H,5H2,1-2H3,(H,12,14)(H,17,18). The Morgan fingerprint density at radius 2 is 1.78 bits per heavy atom. The number of carbonyl (C=O) groups is 4. The zero-order valence-electron chi connectivity index (χ0n) is 10.0. The number of carboxylic acid groups (broad SMARTS) is 1. The highest BCUT2D eigenvalue weighted by molar-refractivity contribution is 6.14. The maximum absolute atomic E-state index is 11.6. The number of carbonyl (C=O) groups excluding carboxylic acids is 3. The molecule has 1 aliphatic rings. The van der Waals surface area contributed by atoms with E-state index in [1.807, 2.05) is 0 Å². The van der Waals surface area contributed by atoms with E-state index in [1.165, 1.54) is 0 Å². The van der Waals surface area contributed by atoms with Gasteiger partial charge in [-0.1, -0.05) is 13.8 Å². The second-order valence-corrected chi connectivity index (χ2v) is 4.22. The van der Waals surface area contributed by atoms with Crippen LogP contribution in [0.5, 0.6) is 0 Å². The van der Waals surface area contributed by atoms with Gasteiger partial charge in [-0.3, -0.25) is 19.3 Å². The Labute approximate surface area is 103 Å². The summed E-state index contributed by atoms with van der Waals surface area (Å²) in [4.78, 5) is 45.6. The van der Waals surface area contributed by atoms with Gasteiger partial charge in [0.1, 0.15) is 12.6 Å². The molecule has 18 heavy (non-hydrogen) atoms. The molecule has 0 aromatic carbocycles. The largest absolute Gasteiger partial charge is 0.480 e. The molecule has 0 saturated carbocycles. The number of nitrogens with one attached hydrogen (secondary N) is 1. The average molecular weight is 254 g/mol. The Kier molecular flexibility index (Phi) is 4.19. The second kappa shape index (κ2) is 5.44. The fourth-order valence-corrected chi connectivity index (χ4v) is 1.46. The first kappa shape index (κ1) is 13.9. The van der Waals surface area contributed by atoms with Crippen LogP contribution < -0.4 is 5.32 Å². The first-order valence-corrected chi connectivity index (χ1v) is 5.38. The number of aliphatic carboxylic acids is 1. The van der Waals surface area contributed by atoms with Crippen molar-refractivity contribution in [2.45, 2.75) is 19.9 Å². The van der Waals surface area contributed by atoms with Gasteiger partial charge < -0.3 is 10.4 Å². The molecule has 2 N–H and O–H groups in total. The number of rotatable bonds is 5. The van der Waals surface area contributed by atoms with E-state index in [-0.39, 0.29) is 5.92 Å². The second-order valence-electron chi connectivity index (χ2n) is 4.22. The van der Waals surface area contributed by atoms with E-state index in [0.717, 1.165) is 17.1 Å². The van der Waals surface area contributed by atoms with Crippen LogP contribution in [0.3, 0.4) is 0 Å². The summed E-state index contributed by atoms with van der Waals surface area (Å²) >= 11 is 0. The Morgan fingerprint density at radius 3 is 2.17 bits per heavy atom. The highest BCUT2D eigenvalue weighted by Gasteiger charge is 2.28. The molecule has 7 nitrogen and oxygen atoms in total. The summed E-state index contributed by atoms with van der Waals surface area (Å²) in [5, 5.41) is 11.2. The number of carboxylic acids is 1. The van der Waals surface area contributed by atoms with Gasteiger partial charge in [-0.15, -0.1) is 0 Å².